The molecule has 0 spiro atoms. The van der Waals surface area contributed by atoms with Gasteiger partial charge in [-0.25, -0.2) is 9.59 Å². The highest BCUT2D eigenvalue weighted by Crippen LogP contribution is 2.35. The molecule has 0 unspecified atom stereocenters. The van der Waals surface area contributed by atoms with Crippen molar-refractivity contribution in [2.75, 3.05) is 7.11 Å². The Morgan fingerprint density at radius 1 is 1.16 bits per heavy atom. The van der Waals surface area contributed by atoms with Crippen molar-refractivity contribution in [2.45, 2.75) is 52.3 Å². The Bertz CT molecular complexity index is 1090. The van der Waals surface area contributed by atoms with Crippen LogP contribution in [0.5, 0.6) is 0 Å². The lowest BCUT2D eigenvalue weighted by Crippen LogP contribution is -2.45. The van der Waals surface area contributed by atoms with Crippen molar-refractivity contribution in [1.82, 2.24) is 9.88 Å². The number of ether oxygens (including phenoxy) is 2. The molecular formula is C25H29ClN2O4. The van der Waals surface area contributed by atoms with Gasteiger partial charge in [-0.05, 0) is 42.7 Å². The van der Waals surface area contributed by atoms with Gasteiger partial charge in [0.2, 0.25) is 0 Å². The Morgan fingerprint density at radius 2 is 1.88 bits per heavy atom. The summed E-state index contributed by atoms with van der Waals surface area (Å²) in [5.74, 6) is -0.905. The molecule has 0 radical (unpaired) electrons. The largest absolute Gasteiger partial charge is 0.467 e. The Hall–Kier alpha value is -2.99. The molecule has 0 bridgehead atoms. The summed E-state index contributed by atoms with van der Waals surface area (Å²) < 4.78 is 12.6. The summed E-state index contributed by atoms with van der Waals surface area (Å²) in [6, 6.07) is 14.2. The second-order valence-corrected chi connectivity index (χ2v) is 8.24. The zero-order chi connectivity index (χ0) is 23.3. The molecule has 1 N–H and O–H groups in total. The van der Waals surface area contributed by atoms with Crippen LogP contribution in [0.15, 0.2) is 48.5 Å². The highest BCUT2D eigenvalue weighted by Gasteiger charge is 2.33. The van der Waals surface area contributed by atoms with E-state index in [0.29, 0.717) is 5.02 Å². The zero-order valence-corrected chi connectivity index (χ0v) is 19.6. The number of nitrogens with one attached hydrogen (secondary N) is 1. The number of esters is 1. The molecule has 0 saturated heterocycles. The van der Waals surface area contributed by atoms with Gasteiger partial charge < -0.3 is 19.4 Å². The molecule has 3 aromatic rings. The van der Waals surface area contributed by atoms with Crippen LogP contribution < -0.4 is 5.32 Å². The quantitative estimate of drug-likeness (QED) is 0.449. The first-order valence-electron chi connectivity index (χ1n) is 10.7. The van der Waals surface area contributed by atoms with Crippen molar-refractivity contribution in [1.29, 1.82) is 0 Å². The minimum absolute atomic E-state index is 0.111. The Morgan fingerprint density at radius 3 is 2.53 bits per heavy atom. The molecule has 0 aliphatic heterocycles. The van der Waals surface area contributed by atoms with Crippen molar-refractivity contribution in [3.05, 3.63) is 70.4 Å². The van der Waals surface area contributed by atoms with Gasteiger partial charge in [-0.1, -0.05) is 55.8 Å². The summed E-state index contributed by atoms with van der Waals surface area (Å²) in [4.78, 5) is 25.2. The van der Waals surface area contributed by atoms with Crippen LogP contribution in [-0.2, 0) is 27.4 Å². The summed E-state index contributed by atoms with van der Waals surface area (Å²) in [6.45, 7) is 6.99. The zero-order valence-electron chi connectivity index (χ0n) is 18.9. The number of hydrogen-bond donors (Lipinski definition) is 1. The number of benzene rings is 2. The molecule has 2 atom stereocenters. The van der Waals surface area contributed by atoms with Gasteiger partial charge in [0.1, 0.15) is 12.6 Å². The highest BCUT2D eigenvalue weighted by atomic mass is 35.5. The summed E-state index contributed by atoms with van der Waals surface area (Å²) >= 11 is 6.30. The van der Waals surface area contributed by atoms with Crippen molar-refractivity contribution in [3.63, 3.8) is 0 Å². The number of fused-ring (bicyclic) bond motifs is 1. The fraction of sp³-hybridized carbons (Fsp3) is 0.360. The van der Waals surface area contributed by atoms with Crippen molar-refractivity contribution >= 4 is 34.6 Å². The van der Waals surface area contributed by atoms with Crippen LogP contribution in [0.3, 0.4) is 0 Å². The van der Waals surface area contributed by atoms with E-state index in [1.165, 1.54) is 7.11 Å². The van der Waals surface area contributed by atoms with E-state index in [4.69, 9.17) is 21.1 Å². The van der Waals surface area contributed by atoms with Gasteiger partial charge in [0.15, 0.2) is 0 Å². The van der Waals surface area contributed by atoms with Gasteiger partial charge in [0.05, 0.1) is 7.11 Å². The van der Waals surface area contributed by atoms with E-state index in [9.17, 15) is 9.59 Å². The minimum atomic E-state index is -0.915. The normalized spacial score (nSPS) is 12.9. The number of aryl methyl sites for hydroxylation is 1. The highest BCUT2D eigenvalue weighted by molar-refractivity contribution is 6.31. The molecule has 1 amide bonds. The monoisotopic (exact) mass is 456 g/mol. The minimum Gasteiger partial charge on any atom is -0.467 e. The lowest BCUT2D eigenvalue weighted by atomic mass is 9.91. The van der Waals surface area contributed by atoms with Crippen LogP contribution >= 0.6 is 11.6 Å². The maximum Gasteiger partial charge on any atom is 0.408 e. The molecule has 2 aromatic carbocycles. The van der Waals surface area contributed by atoms with Crippen LogP contribution in [-0.4, -0.2) is 29.8 Å². The van der Waals surface area contributed by atoms with E-state index < -0.39 is 18.1 Å². The standard InChI is InChI=1S/C25H29ClN2O4/c1-5-13-28-17(3)22(20-14-19(26)11-12-21(20)28)16(2)23(24(29)31-4)27-25(30)32-15-18-9-7-6-8-10-18/h6-12,14,16,23H,5,13,15H2,1-4H3,(H,27,30)/t16-,23-/m1/s1. The van der Waals surface area contributed by atoms with Gasteiger partial charge in [0, 0.05) is 34.1 Å². The number of methoxy groups -OCH3 is 1. The molecule has 1 aromatic heterocycles. The number of carbonyl (C=O) groups excluding carboxylic acids is 2. The molecule has 3 rings (SSSR count). The number of carbonyl (C=O) groups is 2. The molecule has 0 saturated carbocycles. The van der Waals surface area contributed by atoms with Crippen molar-refractivity contribution in [3.8, 4) is 0 Å². The number of alkyl carbamates (subject to hydrolysis) is 1. The SMILES string of the molecule is CCCn1c(C)c([C@@H](C)[C@@H](NC(=O)OCc2ccccc2)C(=O)OC)c2cc(Cl)ccc21. The second kappa shape index (κ2) is 10.6. The summed E-state index contributed by atoms with van der Waals surface area (Å²) in [5.41, 5.74) is 3.89. The lowest BCUT2D eigenvalue weighted by molar-refractivity contribution is -0.143. The summed E-state index contributed by atoms with van der Waals surface area (Å²) in [6.07, 6.45) is 0.287. The molecule has 0 aliphatic carbocycles. The number of aromatic nitrogens is 1. The van der Waals surface area contributed by atoms with E-state index in [2.05, 4.69) is 16.8 Å². The maximum atomic E-state index is 12.7. The molecule has 170 valence electrons. The van der Waals surface area contributed by atoms with Crippen molar-refractivity contribution in [2.24, 2.45) is 0 Å². The first-order valence-corrected chi connectivity index (χ1v) is 11.1. The van der Waals surface area contributed by atoms with Gasteiger partial charge in [-0.15, -0.1) is 0 Å². The van der Waals surface area contributed by atoms with Gasteiger partial charge in [-0.2, -0.15) is 0 Å². The lowest BCUT2D eigenvalue weighted by Gasteiger charge is -2.23. The van der Waals surface area contributed by atoms with E-state index in [1.54, 1.807) is 0 Å². The van der Waals surface area contributed by atoms with E-state index in [0.717, 1.165) is 40.7 Å². The third kappa shape index (κ3) is 5.07. The van der Waals surface area contributed by atoms with Crippen LogP contribution in [0.25, 0.3) is 10.9 Å². The Balaban J connectivity index is 1.90. The first kappa shape index (κ1) is 23.7. The fourth-order valence-electron chi connectivity index (χ4n) is 4.14. The molecule has 6 nitrogen and oxygen atoms in total. The van der Waals surface area contributed by atoms with E-state index in [1.807, 2.05) is 62.4 Å². The number of halogens is 1. The molecule has 0 fully saturated rings. The van der Waals surface area contributed by atoms with E-state index >= 15 is 0 Å². The Kier molecular flexibility index (Phi) is 7.80. The second-order valence-electron chi connectivity index (χ2n) is 7.81. The van der Waals surface area contributed by atoms with E-state index in [-0.39, 0.29) is 12.5 Å². The first-order chi connectivity index (χ1) is 15.4. The van der Waals surface area contributed by atoms with Gasteiger partial charge >= 0.3 is 12.1 Å². The summed E-state index contributed by atoms with van der Waals surface area (Å²) in [5, 5.41) is 4.28. The maximum absolute atomic E-state index is 12.7. The smallest absolute Gasteiger partial charge is 0.408 e. The van der Waals surface area contributed by atoms with Crippen LogP contribution in [0, 0.1) is 6.92 Å². The average molecular weight is 457 g/mol. The Labute approximate surface area is 193 Å². The van der Waals surface area contributed by atoms with Crippen LogP contribution in [0.2, 0.25) is 5.02 Å². The predicted octanol–water partition coefficient (Wildman–Crippen LogP) is 5.58. The third-order valence-electron chi connectivity index (χ3n) is 5.68. The molecule has 1 heterocycles. The number of rotatable bonds is 8. The average Bonchev–Trinajstić information content (AvgIpc) is 3.06. The van der Waals surface area contributed by atoms with Gasteiger partial charge in [-0.3, -0.25) is 0 Å². The van der Waals surface area contributed by atoms with Crippen LogP contribution in [0.4, 0.5) is 4.79 Å². The number of hydrogen-bond acceptors (Lipinski definition) is 4. The van der Waals surface area contributed by atoms with Crippen LogP contribution in [0.1, 0.15) is 43.0 Å². The number of nitrogens with zero attached hydrogens (tertiary/aromatic N) is 1. The molecule has 7 heteroatoms. The molecular weight excluding hydrogens is 428 g/mol. The summed E-state index contributed by atoms with van der Waals surface area (Å²) in [7, 11) is 1.31. The third-order valence-corrected chi connectivity index (χ3v) is 5.91. The van der Waals surface area contributed by atoms with Crippen molar-refractivity contribution < 1.29 is 19.1 Å². The fourth-order valence-corrected chi connectivity index (χ4v) is 4.31. The molecule has 0 aliphatic rings. The van der Waals surface area contributed by atoms with Gasteiger partial charge in [0.25, 0.3) is 0 Å². The topological polar surface area (TPSA) is 69.6 Å². The number of amides is 1. The predicted molar refractivity (Wildman–Crippen MR) is 126 cm³/mol. The molecule has 32 heavy (non-hydrogen) atoms.